The second-order valence-corrected chi connectivity index (χ2v) is 5.70. The van der Waals surface area contributed by atoms with E-state index in [1.165, 1.54) is 0 Å². The lowest BCUT2D eigenvalue weighted by atomic mass is 9.68. The van der Waals surface area contributed by atoms with Crippen LogP contribution in [-0.4, -0.2) is 34.7 Å². The molecule has 1 aliphatic rings. The minimum atomic E-state index is -1.09. The summed E-state index contributed by atoms with van der Waals surface area (Å²) in [5.74, 6) is -1.42. The van der Waals surface area contributed by atoms with Crippen LogP contribution >= 0.6 is 0 Å². The molecule has 1 aliphatic carbocycles. The molecule has 0 saturated heterocycles. The smallest absolute Gasteiger partial charge is 0.326 e. The molecule has 3 N–H and O–H groups in total. The average molecular weight is 257 g/mol. The van der Waals surface area contributed by atoms with E-state index in [2.05, 4.69) is 19.2 Å². The molecule has 0 spiro atoms. The van der Waals surface area contributed by atoms with Gasteiger partial charge in [0.15, 0.2) is 0 Å². The molecule has 0 aliphatic heterocycles. The molecule has 18 heavy (non-hydrogen) atoms. The van der Waals surface area contributed by atoms with Gasteiger partial charge >= 0.3 is 5.97 Å². The number of amides is 1. The van der Waals surface area contributed by atoms with Crippen molar-refractivity contribution < 1.29 is 19.8 Å². The Bertz CT molecular complexity index is 314. The van der Waals surface area contributed by atoms with Crippen molar-refractivity contribution in [3.63, 3.8) is 0 Å². The van der Waals surface area contributed by atoms with Gasteiger partial charge in [-0.05, 0) is 18.3 Å². The lowest BCUT2D eigenvalue weighted by molar-refractivity contribution is -0.144. The van der Waals surface area contributed by atoms with E-state index in [9.17, 15) is 9.59 Å². The van der Waals surface area contributed by atoms with Crippen LogP contribution in [0.15, 0.2) is 0 Å². The van der Waals surface area contributed by atoms with Crippen LogP contribution in [0.25, 0.3) is 0 Å². The molecule has 0 radical (unpaired) electrons. The van der Waals surface area contributed by atoms with Crippen LogP contribution in [-0.2, 0) is 9.59 Å². The van der Waals surface area contributed by atoms with E-state index in [4.69, 9.17) is 10.2 Å². The minimum Gasteiger partial charge on any atom is -0.480 e. The topological polar surface area (TPSA) is 86.6 Å². The summed E-state index contributed by atoms with van der Waals surface area (Å²) in [7, 11) is 0. The number of aliphatic carboxylic acids is 1. The van der Waals surface area contributed by atoms with Gasteiger partial charge in [0.25, 0.3) is 0 Å². The summed E-state index contributed by atoms with van der Waals surface area (Å²) in [5.41, 5.74) is -0.0788. The summed E-state index contributed by atoms with van der Waals surface area (Å²) in [4.78, 5) is 23.1. The second kappa shape index (κ2) is 6.18. The monoisotopic (exact) mass is 257 g/mol. The van der Waals surface area contributed by atoms with Gasteiger partial charge in [0.05, 0.1) is 0 Å². The molecule has 0 bridgehead atoms. The van der Waals surface area contributed by atoms with E-state index in [1.807, 2.05) is 0 Å². The first kappa shape index (κ1) is 15.0. The normalized spacial score (nSPS) is 24.3. The van der Waals surface area contributed by atoms with Crippen molar-refractivity contribution in [2.24, 2.45) is 11.3 Å². The molecule has 2 atom stereocenters. The summed E-state index contributed by atoms with van der Waals surface area (Å²) in [6, 6.07) is -0.986. The Morgan fingerprint density at radius 2 is 2.06 bits per heavy atom. The fraction of sp³-hybridized carbons (Fsp3) is 0.846. The Labute approximate surface area is 108 Å². The number of hydrogen-bond donors (Lipinski definition) is 3. The Kier molecular flexibility index (Phi) is 5.14. The Morgan fingerprint density at radius 1 is 1.39 bits per heavy atom. The maximum absolute atomic E-state index is 12.1. The number of carbonyl (C=O) groups is 2. The van der Waals surface area contributed by atoms with Crippen molar-refractivity contribution >= 4 is 11.9 Å². The maximum Gasteiger partial charge on any atom is 0.326 e. The van der Waals surface area contributed by atoms with Gasteiger partial charge in [-0.3, -0.25) is 4.79 Å². The molecule has 5 heteroatoms. The molecule has 1 rings (SSSR count). The van der Waals surface area contributed by atoms with Gasteiger partial charge in [-0.2, -0.15) is 0 Å². The molecule has 1 amide bonds. The third-order valence-corrected chi connectivity index (χ3v) is 3.86. The predicted octanol–water partition coefficient (Wildman–Crippen LogP) is 1.15. The number of hydrogen-bond acceptors (Lipinski definition) is 3. The molecule has 0 aromatic heterocycles. The van der Waals surface area contributed by atoms with Crippen LogP contribution in [0.4, 0.5) is 0 Å². The molecule has 0 aromatic carbocycles. The van der Waals surface area contributed by atoms with Crippen molar-refractivity contribution in [2.75, 3.05) is 6.61 Å². The zero-order valence-electron chi connectivity index (χ0n) is 11.1. The molecule has 104 valence electrons. The number of carbonyl (C=O) groups excluding carboxylic acids is 1. The van der Waals surface area contributed by atoms with Crippen LogP contribution in [0, 0.1) is 11.3 Å². The average Bonchev–Trinajstić information content (AvgIpc) is 2.27. The standard InChI is InChI=1S/C13H23NO4/c1-13(2)7-4-3-5-9(13)11(16)14-10(6-8-15)12(17)18/h9-10,15H,3-8H2,1-2H3,(H,14,16)(H,17,18)/t9?,10-/m1/s1. The van der Waals surface area contributed by atoms with E-state index in [0.29, 0.717) is 0 Å². The van der Waals surface area contributed by atoms with E-state index < -0.39 is 12.0 Å². The third kappa shape index (κ3) is 3.70. The lowest BCUT2D eigenvalue weighted by Crippen LogP contribution is -2.48. The highest BCUT2D eigenvalue weighted by Crippen LogP contribution is 2.40. The fourth-order valence-corrected chi connectivity index (χ4v) is 2.64. The second-order valence-electron chi connectivity index (χ2n) is 5.70. The molecule has 5 nitrogen and oxygen atoms in total. The van der Waals surface area contributed by atoms with Gasteiger partial charge < -0.3 is 15.5 Å². The summed E-state index contributed by atoms with van der Waals surface area (Å²) >= 11 is 0. The molecule has 1 unspecified atom stereocenters. The van der Waals surface area contributed by atoms with Crippen molar-refractivity contribution in [1.29, 1.82) is 0 Å². The first-order chi connectivity index (χ1) is 8.38. The van der Waals surface area contributed by atoms with Gasteiger partial charge in [-0.15, -0.1) is 0 Å². The van der Waals surface area contributed by atoms with Crippen LogP contribution in [0.1, 0.15) is 46.0 Å². The number of carboxylic acid groups (broad SMARTS) is 1. The predicted molar refractivity (Wildman–Crippen MR) is 67.0 cm³/mol. The van der Waals surface area contributed by atoms with E-state index in [-0.39, 0.29) is 30.3 Å². The Hall–Kier alpha value is -1.10. The Morgan fingerprint density at radius 3 is 2.56 bits per heavy atom. The highest BCUT2D eigenvalue weighted by Gasteiger charge is 2.38. The summed E-state index contributed by atoms with van der Waals surface area (Å²) in [6.07, 6.45) is 3.98. The number of rotatable bonds is 5. The SMILES string of the molecule is CC1(C)CCCCC1C(=O)N[C@H](CCO)C(=O)O. The number of nitrogens with one attached hydrogen (secondary N) is 1. The van der Waals surface area contributed by atoms with Crippen LogP contribution in [0.3, 0.4) is 0 Å². The van der Waals surface area contributed by atoms with Crippen molar-refractivity contribution in [1.82, 2.24) is 5.32 Å². The zero-order chi connectivity index (χ0) is 13.8. The summed E-state index contributed by atoms with van der Waals surface area (Å²) < 4.78 is 0. The maximum atomic E-state index is 12.1. The minimum absolute atomic E-state index is 0.0498. The molecule has 0 heterocycles. The number of carboxylic acids is 1. The highest BCUT2D eigenvalue weighted by atomic mass is 16.4. The fourth-order valence-electron chi connectivity index (χ4n) is 2.64. The largest absolute Gasteiger partial charge is 0.480 e. The molecule has 1 fully saturated rings. The molecular weight excluding hydrogens is 234 g/mol. The summed E-state index contributed by atoms with van der Waals surface area (Å²) in [5, 5.41) is 20.3. The van der Waals surface area contributed by atoms with Crippen molar-refractivity contribution in [3.05, 3.63) is 0 Å². The van der Waals surface area contributed by atoms with Crippen LogP contribution in [0.5, 0.6) is 0 Å². The molecule has 1 saturated carbocycles. The third-order valence-electron chi connectivity index (χ3n) is 3.86. The van der Waals surface area contributed by atoms with Crippen molar-refractivity contribution in [3.8, 4) is 0 Å². The van der Waals surface area contributed by atoms with Gasteiger partial charge in [0.2, 0.25) is 5.91 Å². The zero-order valence-corrected chi connectivity index (χ0v) is 11.1. The summed E-state index contributed by atoms with van der Waals surface area (Å²) in [6.45, 7) is 3.86. The quantitative estimate of drug-likeness (QED) is 0.689. The van der Waals surface area contributed by atoms with Gasteiger partial charge in [0.1, 0.15) is 6.04 Å². The van der Waals surface area contributed by atoms with E-state index in [1.54, 1.807) is 0 Å². The van der Waals surface area contributed by atoms with E-state index in [0.717, 1.165) is 25.7 Å². The Balaban J connectivity index is 2.65. The lowest BCUT2D eigenvalue weighted by Gasteiger charge is -2.37. The first-order valence-corrected chi connectivity index (χ1v) is 6.52. The molecule has 0 aromatic rings. The number of aliphatic hydroxyl groups is 1. The first-order valence-electron chi connectivity index (χ1n) is 6.52. The van der Waals surface area contributed by atoms with Gasteiger partial charge in [-0.25, -0.2) is 4.79 Å². The van der Waals surface area contributed by atoms with Gasteiger partial charge in [-0.1, -0.05) is 26.7 Å². The number of aliphatic hydroxyl groups excluding tert-OH is 1. The van der Waals surface area contributed by atoms with Crippen LogP contribution in [0.2, 0.25) is 0 Å². The van der Waals surface area contributed by atoms with Crippen molar-refractivity contribution in [2.45, 2.75) is 52.0 Å². The van der Waals surface area contributed by atoms with E-state index >= 15 is 0 Å². The van der Waals surface area contributed by atoms with Crippen LogP contribution < -0.4 is 5.32 Å². The van der Waals surface area contributed by atoms with Gasteiger partial charge in [0, 0.05) is 18.9 Å². The highest BCUT2D eigenvalue weighted by molar-refractivity contribution is 5.85. The molecular formula is C13H23NO4.